The summed E-state index contributed by atoms with van der Waals surface area (Å²) < 4.78 is 29.7. The first kappa shape index (κ1) is 23.9. The summed E-state index contributed by atoms with van der Waals surface area (Å²) >= 11 is 0. The lowest BCUT2D eigenvalue weighted by Gasteiger charge is -2.35. The van der Waals surface area contributed by atoms with E-state index in [9.17, 15) is 18.0 Å². The fourth-order valence-electron chi connectivity index (χ4n) is 4.01. The second-order valence-corrected chi connectivity index (χ2v) is 10.2. The molecule has 2 amide bonds. The van der Waals surface area contributed by atoms with Crippen molar-refractivity contribution in [3.8, 4) is 0 Å². The van der Waals surface area contributed by atoms with Crippen LogP contribution in [0.5, 0.6) is 0 Å². The van der Waals surface area contributed by atoms with Crippen molar-refractivity contribution in [3.05, 3.63) is 47.3 Å². The van der Waals surface area contributed by atoms with Crippen LogP contribution in [0.3, 0.4) is 0 Å². The van der Waals surface area contributed by atoms with Crippen molar-refractivity contribution in [2.75, 3.05) is 26.2 Å². The fraction of sp³-hybridized carbons (Fsp3) is 0.500. The van der Waals surface area contributed by atoms with Crippen molar-refractivity contribution in [1.29, 1.82) is 0 Å². The third-order valence-corrected chi connectivity index (χ3v) is 7.80. The molecule has 0 spiro atoms. The molecule has 0 bridgehead atoms. The maximum absolute atomic E-state index is 13.3. The standard InChI is InChI=1S/C22H31N5O4S/c1-15(2)27-18(5)20(16(3)24-27)32(30,31)26-13-11-25(12-14-26)22(29)17(4)23-21(28)19-9-7-6-8-10-19/h6-10,15,17H,11-14H2,1-5H3,(H,23,28)/t17-/m1/s1. The molecule has 1 N–H and O–H groups in total. The molecule has 3 rings (SSSR count). The first-order valence-electron chi connectivity index (χ1n) is 10.7. The smallest absolute Gasteiger partial charge is 0.251 e. The summed E-state index contributed by atoms with van der Waals surface area (Å²) in [6.45, 7) is 9.94. The summed E-state index contributed by atoms with van der Waals surface area (Å²) in [7, 11) is -3.72. The number of carbonyl (C=O) groups is 2. The van der Waals surface area contributed by atoms with Crippen molar-refractivity contribution < 1.29 is 18.0 Å². The molecule has 1 aromatic heterocycles. The van der Waals surface area contributed by atoms with Crippen LogP contribution < -0.4 is 5.32 Å². The monoisotopic (exact) mass is 461 g/mol. The summed E-state index contributed by atoms with van der Waals surface area (Å²) in [5, 5.41) is 7.11. The first-order valence-corrected chi connectivity index (χ1v) is 12.2. The van der Waals surface area contributed by atoms with E-state index in [1.807, 2.05) is 19.9 Å². The predicted octanol–water partition coefficient (Wildman–Crippen LogP) is 1.73. The molecule has 1 aliphatic heterocycles. The molecule has 32 heavy (non-hydrogen) atoms. The van der Waals surface area contributed by atoms with Gasteiger partial charge in [0.15, 0.2) is 0 Å². The molecule has 2 aromatic rings. The minimum absolute atomic E-state index is 0.0553. The Bertz CT molecular complexity index is 1090. The summed E-state index contributed by atoms with van der Waals surface area (Å²) in [6, 6.07) is 8.04. The minimum Gasteiger partial charge on any atom is -0.341 e. The first-order chi connectivity index (χ1) is 15.0. The van der Waals surface area contributed by atoms with Crippen LogP contribution >= 0.6 is 0 Å². The van der Waals surface area contributed by atoms with E-state index in [-0.39, 0.29) is 48.9 Å². The lowest BCUT2D eigenvalue weighted by molar-refractivity contribution is -0.134. The van der Waals surface area contributed by atoms with Crippen LogP contribution in [0.1, 0.15) is 48.6 Å². The van der Waals surface area contributed by atoms with E-state index in [1.165, 1.54) is 4.31 Å². The van der Waals surface area contributed by atoms with Crippen LogP contribution in [-0.2, 0) is 14.8 Å². The normalized spacial score (nSPS) is 16.2. The Hall–Kier alpha value is -2.72. The number of nitrogens with one attached hydrogen (secondary N) is 1. The van der Waals surface area contributed by atoms with Crippen molar-refractivity contribution in [3.63, 3.8) is 0 Å². The highest BCUT2D eigenvalue weighted by Gasteiger charge is 2.35. The molecule has 0 radical (unpaired) electrons. The Morgan fingerprint density at radius 1 is 1.00 bits per heavy atom. The fourth-order valence-corrected chi connectivity index (χ4v) is 5.79. The number of amides is 2. The van der Waals surface area contributed by atoms with Gasteiger partial charge in [0.25, 0.3) is 5.91 Å². The number of hydrogen-bond acceptors (Lipinski definition) is 5. The number of rotatable bonds is 6. The Kier molecular flexibility index (Phi) is 7.04. The van der Waals surface area contributed by atoms with Crippen LogP contribution in [0.25, 0.3) is 0 Å². The Morgan fingerprint density at radius 3 is 2.12 bits per heavy atom. The van der Waals surface area contributed by atoms with E-state index in [0.717, 1.165) is 0 Å². The van der Waals surface area contributed by atoms with Crippen molar-refractivity contribution >= 4 is 21.8 Å². The zero-order valence-corrected chi connectivity index (χ0v) is 20.0. The summed E-state index contributed by atoms with van der Waals surface area (Å²) in [5.74, 6) is -0.549. The van der Waals surface area contributed by atoms with Gasteiger partial charge in [0.1, 0.15) is 10.9 Å². The molecule has 0 unspecified atom stereocenters. The summed E-state index contributed by atoms with van der Waals surface area (Å²) in [6.07, 6.45) is 0. The van der Waals surface area contributed by atoms with Crippen LogP contribution in [0.4, 0.5) is 0 Å². The van der Waals surface area contributed by atoms with Crippen LogP contribution in [0.15, 0.2) is 35.2 Å². The molecule has 1 fully saturated rings. The molecule has 10 heteroatoms. The lowest BCUT2D eigenvalue weighted by atomic mass is 10.2. The number of aromatic nitrogens is 2. The van der Waals surface area contributed by atoms with Gasteiger partial charge in [-0.25, -0.2) is 8.42 Å². The van der Waals surface area contributed by atoms with Gasteiger partial charge in [-0.05, 0) is 46.8 Å². The average molecular weight is 462 g/mol. The van der Waals surface area contributed by atoms with Gasteiger partial charge in [0.05, 0.1) is 11.4 Å². The van der Waals surface area contributed by atoms with Gasteiger partial charge in [0, 0.05) is 37.8 Å². The lowest BCUT2D eigenvalue weighted by Crippen LogP contribution is -2.55. The molecule has 1 aliphatic rings. The van der Waals surface area contributed by atoms with Crippen LogP contribution in [-0.4, -0.2) is 71.4 Å². The van der Waals surface area contributed by atoms with Gasteiger partial charge < -0.3 is 10.2 Å². The number of carbonyl (C=O) groups excluding carboxylic acids is 2. The van der Waals surface area contributed by atoms with Gasteiger partial charge in [-0.15, -0.1) is 0 Å². The maximum atomic E-state index is 13.3. The Morgan fingerprint density at radius 2 is 1.59 bits per heavy atom. The molecule has 0 aliphatic carbocycles. The topological polar surface area (TPSA) is 105 Å². The van der Waals surface area contributed by atoms with Crippen molar-refractivity contribution in [2.45, 2.75) is 51.6 Å². The van der Waals surface area contributed by atoms with E-state index in [4.69, 9.17) is 0 Å². The highest BCUT2D eigenvalue weighted by atomic mass is 32.2. The molecular weight excluding hydrogens is 430 g/mol. The number of benzene rings is 1. The molecule has 1 aromatic carbocycles. The van der Waals surface area contributed by atoms with Crippen molar-refractivity contribution in [2.24, 2.45) is 0 Å². The summed E-state index contributed by atoms with van der Waals surface area (Å²) in [5.41, 5.74) is 1.58. The minimum atomic E-state index is -3.72. The van der Waals surface area contributed by atoms with Gasteiger partial charge in [-0.2, -0.15) is 9.40 Å². The largest absolute Gasteiger partial charge is 0.341 e. The van der Waals surface area contributed by atoms with Gasteiger partial charge in [-0.1, -0.05) is 18.2 Å². The highest BCUT2D eigenvalue weighted by Crippen LogP contribution is 2.26. The average Bonchev–Trinajstić information content (AvgIpc) is 3.08. The number of sulfonamides is 1. The van der Waals surface area contributed by atoms with Gasteiger partial charge in [0.2, 0.25) is 15.9 Å². The van der Waals surface area contributed by atoms with E-state index >= 15 is 0 Å². The summed E-state index contributed by atoms with van der Waals surface area (Å²) in [4.78, 5) is 27.0. The second kappa shape index (κ2) is 9.41. The van der Waals surface area contributed by atoms with E-state index in [0.29, 0.717) is 17.0 Å². The number of aryl methyl sites for hydroxylation is 1. The number of piperazine rings is 1. The number of hydrogen-bond donors (Lipinski definition) is 1. The number of nitrogens with zero attached hydrogens (tertiary/aromatic N) is 4. The quantitative estimate of drug-likeness (QED) is 0.706. The molecule has 9 nitrogen and oxygen atoms in total. The molecule has 1 saturated heterocycles. The predicted molar refractivity (Wildman–Crippen MR) is 121 cm³/mol. The highest BCUT2D eigenvalue weighted by molar-refractivity contribution is 7.89. The van der Waals surface area contributed by atoms with Crippen LogP contribution in [0.2, 0.25) is 0 Å². The third kappa shape index (κ3) is 4.71. The Labute approximate surface area is 189 Å². The van der Waals surface area contributed by atoms with E-state index < -0.39 is 16.1 Å². The molecule has 174 valence electrons. The second-order valence-electron chi connectivity index (χ2n) is 8.33. The van der Waals surface area contributed by atoms with Gasteiger partial charge in [-0.3, -0.25) is 14.3 Å². The molecule has 2 heterocycles. The van der Waals surface area contributed by atoms with Crippen LogP contribution in [0, 0.1) is 13.8 Å². The SMILES string of the molecule is Cc1nn(C(C)C)c(C)c1S(=O)(=O)N1CCN(C(=O)[C@@H](C)NC(=O)c2ccccc2)CC1. The van der Waals surface area contributed by atoms with E-state index in [1.54, 1.807) is 54.6 Å². The molecule has 0 saturated carbocycles. The van der Waals surface area contributed by atoms with Crippen molar-refractivity contribution in [1.82, 2.24) is 24.3 Å². The van der Waals surface area contributed by atoms with Gasteiger partial charge >= 0.3 is 0 Å². The third-order valence-electron chi connectivity index (χ3n) is 5.65. The zero-order chi connectivity index (χ0) is 23.6. The Balaban J connectivity index is 1.64. The molecular formula is C22H31N5O4S. The van der Waals surface area contributed by atoms with E-state index in [2.05, 4.69) is 10.4 Å². The zero-order valence-electron chi connectivity index (χ0n) is 19.2. The maximum Gasteiger partial charge on any atom is 0.251 e. The molecule has 1 atom stereocenters.